The normalized spacial score (nSPS) is 11.9. The Morgan fingerprint density at radius 1 is 1.03 bits per heavy atom. The van der Waals surface area contributed by atoms with Crippen LogP contribution in [0.1, 0.15) is 10.4 Å². The number of urea groups is 1. The molecule has 0 bridgehead atoms. The van der Waals surface area contributed by atoms with E-state index in [-0.39, 0.29) is 0 Å². The first-order chi connectivity index (χ1) is 13.9. The van der Waals surface area contributed by atoms with E-state index in [4.69, 9.17) is 14.2 Å². The molecular formula is C20H21N3O6. The number of ether oxygens (including phenoxy) is 3. The molecule has 9 heteroatoms. The second-order valence-electron chi connectivity index (χ2n) is 6.38. The fourth-order valence-electron chi connectivity index (χ4n) is 2.57. The Morgan fingerprint density at radius 3 is 2.55 bits per heavy atom. The molecule has 0 saturated carbocycles. The Bertz CT molecular complexity index is 928. The predicted molar refractivity (Wildman–Crippen MR) is 106 cm³/mol. The van der Waals surface area contributed by atoms with Crippen molar-refractivity contribution in [2.75, 3.05) is 44.1 Å². The number of fused-ring (bicyclic) bond motifs is 1. The molecule has 1 aliphatic rings. The Labute approximate surface area is 167 Å². The number of carbonyl (C=O) groups is 3. The number of esters is 1. The van der Waals surface area contributed by atoms with Crippen LogP contribution >= 0.6 is 0 Å². The third-order valence-electron chi connectivity index (χ3n) is 3.99. The number of hydrogen-bond acceptors (Lipinski definition) is 7. The third kappa shape index (κ3) is 5.38. The van der Waals surface area contributed by atoms with Crippen molar-refractivity contribution in [2.45, 2.75) is 0 Å². The summed E-state index contributed by atoms with van der Waals surface area (Å²) in [5, 5.41) is 4.61. The molecule has 29 heavy (non-hydrogen) atoms. The average molecular weight is 399 g/mol. The molecule has 0 saturated heterocycles. The summed E-state index contributed by atoms with van der Waals surface area (Å²) in [6.07, 6.45) is 0. The first kappa shape index (κ1) is 20.0. The summed E-state index contributed by atoms with van der Waals surface area (Å²) in [5.41, 5.74) is 1.56. The van der Waals surface area contributed by atoms with Gasteiger partial charge in [-0.15, -0.1) is 0 Å². The lowest BCUT2D eigenvalue weighted by molar-refractivity contribution is -0.123. The molecule has 152 valence electrons. The number of amides is 3. The summed E-state index contributed by atoms with van der Waals surface area (Å²) in [4.78, 5) is 37.8. The summed E-state index contributed by atoms with van der Waals surface area (Å²) in [6, 6.07) is 10.9. The lowest BCUT2D eigenvalue weighted by Gasteiger charge is -2.19. The topological polar surface area (TPSA) is 106 Å². The first-order valence-corrected chi connectivity index (χ1v) is 8.87. The fraction of sp³-hybridized carbons (Fsp3) is 0.250. The van der Waals surface area contributed by atoms with Crippen molar-refractivity contribution in [3.63, 3.8) is 0 Å². The number of hydrogen-bond donors (Lipinski definition) is 2. The molecule has 0 unspecified atom stereocenters. The number of rotatable bonds is 5. The summed E-state index contributed by atoms with van der Waals surface area (Å²) in [6.45, 7) is 0.302. The van der Waals surface area contributed by atoms with Gasteiger partial charge < -0.3 is 24.4 Å². The fourth-order valence-corrected chi connectivity index (χ4v) is 2.57. The zero-order valence-electron chi connectivity index (χ0n) is 16.1. The quantitative estimate of drug-likeness (QED) is 0.741. The second-order valence-corrected chi connectivity index (χ2v) is 6.38. The maximum Gasteiger partial charge on any atom is 0.338 e. The van der Waals surface area contributed by atoms with E-state index in [1.807, 2.05) is 25.1 Å². The summed E-state index contributed by atoms with van der Waals surface area (Å²) in [5.74, 6) is -0.314. The van der Waals surface area contributed by atoms with Crippen LogP contribution in [0.5, 0.6) is 11.5 Å². The van der Waals surface area contributed by atoms with Crippen molar-refractivity contribution in [1.29, 1.82) is 0 Å². The number of imide groups is 1. The van der Waals surface area contributed by atoms with E-state index in [9.17, 15) is 14.4 Å². The minimum Gasteiger partial charge on any atom is -0.486 e. The van der Waals surface area contributed by atoms with E-state index in [0.717, 1.165) is 5.69 Å². The highest BCUT2D eigenvalue weighted by Crippen LogP contribution is 2.32. The highest BCUT2D eigenvalue weighted by molar-refractivity contribution is 6.02. The molecule has 0 radical (unpaired) electrons. The van der Waals surface area contributed by atoms with Crippen molar-refractivity contribution in [3.05, 3.63) is 48.0 Å². The van der Waals surface area contributed by atoms with E-state index in [2.05, 4.69) is 10.6 Å². The van der Waals surface area contributed by atoms with Crippen LogP contribution in [0.4, 0.5) is 16.2 Å². The molecule has 0 fully saturated rings. The number of nitrogens with one attached hydrogen (secondary N) is 2. The largest absolute Gasteiger partial charge is 0.486 e. The van der Waals surface area contributed by atoms with E-state index < -0.39 is 24.5 Å². The summed E-state index contributed by atoms with van der Waals surface area (Å²) in [7, 11) is 3.69. The summed E-state index contributed by atoms with van der Waals surface area (Å²) < 4.78 is 15.8. The zero-order valence-corrected chi connectivity index (χ0v) is 16.1. The van der Waals surface area contributed by atoms with Gasteiger partial charge in [-0.1, -0.05) is 6.07 Å². The Morgan fingerprint density at radius 2 is 1.79 bits per heavy atom. The van der Waals surface area contributed by atoms with Crippen molar-refractivity contribution < 1.29 is 28.6 Å². The molecule has 1 heterocycles. The number of nitrogens with zero attached hydrogens (tertiary/aromatic N) is 1. The molecule has 3 amide bonds. The second kappa shape index (κ2) is 8.96. The Kier molecular flexibility index (Phi) is 6.18. The molecule has 2 N–H and O–H groups in total. The minimum atomic E-state index is -0.753. The molecule has 0 aliphatic carbocycles. The maximum atomic E-state index is 12.1. The number of carbonyl (C=O) groups excluding carboxylic acids is 3. The minimum absolute atomic E-state index is 0.310. The lowest BCUT2D eigenvalue weighted by Crippen LogP contribution is -2.37. The van der Waals surface area contributed by atoms with Crippen LogP contribution in [0, 0.1) is 0 Å². The van der Waals surface area contributed by atoms with E-state index >= 15 is 0 Å². The van der Waals surface area contributed by atoms with Gasteiger partial charge in [-0.25, -0.2) is 9.59 Å². The van der Waals surface area contributed by atoms with Gasteiger partial charge in [0.05, 0.1) is 5.56 Å². The van der Waals surface area contributed by atoms with Crippen LogP contribution in [-0.2, 0) is 9.53 Å². The Hall–Kier alpha value is -3.75. The lowest BCUT2D eigenvalue weighted by atomic mass is 10.2. The van der Waals surface area contributed by atoms with Gasteiger partial charge in [-0.05, 0) is 30.3 Å². The number of benzene rings is 2. The van der Waals surface area contributed by atoms with Gasteiger partial charge in [-0.2, -0.15) is 0 Å². The first-order valence-electron chi connectivity index (χ1n) is 8.87. The molecule has 1 aliphatic heterocycles. The third-order valence-corrected chi connectivity index (χ3v) is 3.99. The smallest absolute Gasteiger partial charge is 0.338 e. The molecular weight excluding hydrogens is 378 g/mol. The highest BCUT2D eigenvalue weighted by atomic mass is 16.6. The molecule has 0 spiro atoms. The number of anilines is 2. The highest BCUT2D eigenvalue weighted by Gasteiger charge is 2.15. The van der Waals surface area contributed by atoms with Gasteiger partial charge in [0, 0.05) is 31.5 Å². The van der Waals surface area contributed by atoms with Gasteiger partial charge in [0.15, 0.2) is 18.1 Å². The SMILES string of the molecule is CN(C)c1cccc(C(=O)OCC(=O)NC(=O)Nc2ccc3c(c2)OCCO3)c1. The van der Waals surface area contributed by atoms with Gasteiger partial charge in [0.25, 0.3) is 5.91 Å². The van der Waals surface area contributed by atoms with E-state index in [1.54, 1.807) is 36.4 Å². The molecule has 2 aromatic carbocycles. The monoisotopic (exact) mass is 399 g/mol. The van der Waals surface area contributed by atoms with Crippen LogP contribution in [0.25, 0.3) is 0 Å². The molecule has 0 atom stereocenters. The van der Waals surface area contributed by atoms with Crippen molar-refractivity contribution in [3.8, 4) is 11.5 Å². The van der Waals surface area contributed by atoms with E-state index in [0.29, 0.717) is 36.0 Å². The van der Waals surface area contributed by atoms with Gasteiger partial charge in [-0.3, -0.25) is 10.1 Å². The Balaban J connectivity index is 1.48. The van der Waals surface area contributed by atoms with Gasteiger partial charge in [0.2, 0.25) is 0 Å². The van der Waals surface area contributed by atoms with E-state index in [1.165, 1.54) is 0 Å². The van der Waals surface area contributed by atoms with Crippen molar-refractivity contribution in [1.82, 2.24) is 5.32 Å². The van der Waals surface area contributed by atoms with Crippen molar-refractivity contribution in [2.24, 2.45) is 0 Å². The summed E-state index contributed by atoms with van der Waals surface area (Å²) >= 11 is 0. The van der Waals surface area contributed by atoms with Gasteiger partial charge in [0.1, 0.15) is 13.2 Å². The van der Waals surface area contributed by atoms with Crippen molar-refractivity contribution >= 4 is 29.3 Å². The zero-order chi connectivity index (χ0) is 20.8. The molecule has 3 rings (SSSR count). The maximum absolute atomic E-state index is 12.1. The molecule has 2 aromatic rings. The predicted octanol–water partition coefficient (Wildman–Crippen LogP) is 2.03. The van der Waals surface area contributed by atoms with Crippen LogP contribution in [0.2, 0.25) is 0 Å². The molecule has 0 aromatic heterocycles. The van der Waals surface area contributed by atoms with Gasteiger partial charge >= 0.3 is 12.0 Å². The van der Waals surface area contributed by atoms with Crippen LogP contribution in [-0.4, -0.2) is 51.8 Å². The standard InChI is InChI=1S/C20H21N3O6/c1-23(2)15-5-3-4-13(10-15)19(25)29-12-18(24)22-20(26)21-14-6-7-16-17(11-14)28-9-8-27-16/h3-7,10-11H,8-9,12H2,1-2H3,(H2,21,22,24,26). The molecule has 9 nitrogen and oxygen atoms in total. The van der Waals surface area contributed by atoms with Crippen LogP contribution in [0.3, 0.4) is 0 Å². The van der Waals surface area contributed by atoms with Crippen LogP contribution < -0.4 is 25.0 Å². The average Bonchev–Trinajstić information content (AvgIpc) is 2.72. The van der Waals surface area contributed by atoms with Crippen LogP contribution in [0.15, 0.2) is 42.5 Å².